The molecular formula is C30H30N2O8S. The van der Waals surface area contributed by atoms with Gasteiger partial charge < -0.3 is 19.6 Å². The zero-order valence-electron chi connectivity index (χ0n) is 23.1. The van der Waals surface area contributed by atoms with Crippen molar-refractivity contribution >= 4 is 44.3 Å². The lowest BCUT2D eigenvalue weighted by Gasteiger charge is -2.18. The lowest BCUT2D eigenvalue weighted by atomic mass is 10.0. The van der Waals surface area contributed by atoms with Gasteiger partial charge in [-0.25, -0.2) is 8.42 Å². The Morgan fingerprint density at radius 3 is 2.02 bits per heavy atom. The molecule has 0 saturated heterocycles. The number of nitrogens with one attached hydrogen (secondary N) is 2. The second-order valence-electron chi connectivity index (χ2n) is 9.87. The third-order valence-electron chi connectivity index (χ3n) is 6.69. The number of carbonyl (C=O) groups excluding carboxylic acids is 2. The van der Waals surface area contributed by atoms with E-state index in [4.69, 9.17) is 9.15 Å². The summed E-state index contributed by atoms with van der Waals surface area (Å²) < 4.78 is 38.9. The fourth-order valence-electron chi connectivity index (χ4n) is 4.48. The number of ether oxygens (including phenoxy) is 1. The van der Waals surface area contributed by atoms with Crippen molar-refractivity contribution in [3.05, 3.63) is 77.6 Å². The number of fused-ring (bicyclic) bond motifs is 1. The summed E-state index contributed by atoms with van der Waals surface area (Å²) in [4.78, 5) is 36.4. The van der Waals surface area contributed by atoms with Crippen molar-refractivity contribution in [3.63, 3.8) is 0 Å². The van der Waals surface area contributed by atoms with E-state index in [-0.39, 0.29) is 16.4 Å². The standard InChI is InChI=1S/C30H30N2O8S/c1-16(2)26(30(35)36)32-41(37,38)22-12-8-20(9-13-22)19-6-10-21(11-7-19)31-29(34)27-17(3)25-24(40-27)15-14-23(18(4)33)28(25)39-5/h6-16,26,32H,1-5H3,(H,31,34)(H,35,36). The monoisotopic (exact) mass is 578 g/mol. The van der Waals surface area contributed by atoms with Gasteiger partial charge in [-0.05, 0) is 67.3 Å². The van der Waals surface area contributed by atoms with Crippen LogP contribution in [-0.2, 0) is 14.8 Å². The van der Waals surface area contributed by atoms with Gasteiger partial charge in [0.15, 0.2) is 11.5 Å². The minimum atomic E-state index is -4.03. The van der Waals surface area contributed by atoms with E-state index in [0.717, 1.165) is 11.1 Å². The summed E-state index contributed by atoms with van der Waals surface area (Å²) >= 11 is 0. The number of ketones is 1. The number of anilines is 1. The maximum absolute atomic E-state index is 13.1. The first-order valence-corrected chi connectivity index (χ1v) is 14.2. The van der Waals surface area contributed by atoms with Crippen LogP contribution in [0.4, 0.5) is 5.69 Å². The van der Waals surface area contributed by atoms with Crippen LogP contribution >= 0.6 is 0 Å². The molecule has 10 nitrogen and oxygen atoms in total. The predicted octanol–water partition coefficient (Wildman–Crippen LogP) is 5.26. The topological polar surface area (TPSA) is 152 Å². The highest BCUT2D eigenvalue weighted by Crippen LogP contribution is 2.36. The number of furan rings is 1. The number of benzene rings is 3. The Bertz CT molecular complexity index is 1740. The third kappa shape index (κ3) is 6.01. The number of aryl methyl sites for hydroxylation is 1. The Labute approximate surface area is 237 Å². The van der Waals surface area contributed by atoms with E-state index in [1.54, 1.807) is 69.3 Å². The fraction of sp³-hybridized carbons (Fsp3) is 0.233. The summed E-state index contributed by atoms with van der Waals surface area (Å²) in [6.07, 6.45) is 0. The first kappa shape index (κ1) is 29.5. The van der Waals surface area contributed by atoms with E-state index in [0.29, 0.717) is 33.5 Å². The van der Waals surface area contributed by atoms with E-state index < -0.39 is 33.9 Å². The van der Waals surface area contributed by atoms with Gasteiger partial charge in [-0.3, -0.25) is 14.4 Å². The molecule has 0 radical (unpaired) electrons. The minimum Gasteiger partial charge on any atom is -0.495 e. The molecule has 1 heterocycles. The average molecular weight is 579 g/mol. The van der Waals surface area contributed by atoms with Gasteiger partial charge in [-0.15, -0.1) is 0 Å². The van der Waals surface area contributed by atoms with Crippen LogP contribution in [0.5, 0.6) is 5.75 Å². The van der Waals surface area contributed by atoms with Gasteiger partial charge in [-0.1, -0.05) is 38.1 Å². The number of sulfonamides is 1. The lowest BCUT2D eigenvalue weighted by Crippen LogP contribution is -2.44. The van der Waals surface area contributed by atoms with Crippen molar-refractivity contribution in [2.45, 2.75) is 38.6 Å². The molecule has 0 bridgehead atoms. The highest BCUT2D eigenvalue weighted by Gasteiger charge is 2.28. The molecule has 214 valence electrons. The van der Waals surface area contributed by atoms with Crippen molar-refractivity contribution in [2.75, 3.05) is 12.4 Å². The number of aliphatic carboxylic acids is 1. The quantitative estimate of drug-likeness (QED) is 0.216. The molecule has 0 aliphatic heterocycles. The van der Waals surface area contributed by atoms with Gasteiger partial charge in [0.05, 0.1) is 23.0 Å². The van der Waals surface area contributed by atoms with Crippen LogP contribution in [0.25, 0.3) is 22.1 Å². The molecule has 4 aromatic rings. The van der Waals surface area contributed by atoms with Crippen molar-refractivity contribution in [3.8, 4) is 16.9 Å². The smallest absolute Gasteiger partial charge is 0.322 e. The van der Waals surface area contributed by atoms with E-state index in [1.807, 2.05) is 0 Å². The highest BCUT2D eigenvalue weighted by atomic mass is 32.2. The zero-order chi connectivity index (χ0) is 30.1. The Morgan fingerprint density at radius 2 is 1.51 bits per heavy atom. The number of amides is 1. The Kier molecular flexibility index (Phi) is 8.32. The fourth-order valence-corrected chi connectivity index (χ4v) is 5.82. The van der Waals surface area contributed by atoms with Gasteiger partial charge in [0.2, 0.25) is 10.0 Å². The first-order chi connectivity index (χ1) is 19.3. The molecule has 3 aromatic carbocycles. The zero-order valence-corrected chi connectivity index (χ0v) is 24.0. The van der Waals surface area contributed by atoms with Crippen molar-refractivity contribution in [2.24, 2.45) is 5.92 Å². The molecule has 1 amide bonds. The van der Waals surface area contributed by atoms with E-state index >= 15 is 0 Å². The van der Waals surface area contributed by atoms with Crippen LogP contribution < -0.4 is 14.8 Å². The van der Waals surface area contributed by atoms with E-state index in [1.165, 1.54) is 26.2 Å². The van der Waals surface area contributed by atoms with Crippen molar-refractivity contribution in [1.29, 1.82) is 0 Å². The molecule has 1 atom stereocenters. The molecule has 0 spiro atoms. The Balaban J connectivity index is 1.51. The Hall–Kier alpha value is -4.48. The molecular weight excluding hydrogens is 548 g/mol. The summed E-state index contributed by atoms with van der Waals surface area (Å²) in [5.74, 6) is -1.86. The van der Waals surface area contributed by atoms with Gasteiger partial charge in [-0.2, -0.15) is 4.72 Å². The summed E-state index contributed by atoms with van der Waals surface area (Å²) in [6.45, 7) is 6.40. The third-order valence-corrected chi connectivity index (χ3v) is 8.15. The van der Waals surface area contributed by atoms with Crippen LogP contribution in [0.2, 0.25) is 0 Å². The van der Waals surface area contributed by atoms with Crippen LogP contribution in [-0.4, -0.2) is 44.3 Å². The summed E-state index contributed by atoms with van der Waals surface area (Å²) in [7, 11) is -2.57. The van der Waals surface area contributed by atoms with Gasteiger partial charge >= 0.3 is 5.97 Å². The Morgan fingerprint density at radius 1 is 0.927 bits per heavy atom. The molecule has 0 fully saturated rings. The lowest BCUT2D eigenvalue weighted by molar-refractivity contribution is -0.140. The summed E-state index contributed by atoms with van der Waals surface area (Å²) in [5, 5.41) is 12.7. The molecule has 1 unspecified atom stereocenters. The van der Waals surface area contributed by atoms with Gasteiger partial charge in [0.1, 0.15) is 17.4 Å². The number of rotatable bonds is 10. The molecule has 11 heteroatoms. The molecule has 0 saturated carbocycles. The molecule has 0 aliphatic rings. The first-order valence-electron chi connectivity index (χ1n) is 12.7. The number of hydrogen-bond donors (Lipinski definition) is 3. The highest BCUT2D eigenvalue weighted by molar-refractivity contribution is 7.89. The SMILES string of the molecule is COc1c(C(C)=O)ccc2oc(C(=O)Nc3ccc(-c4ccc(S(=O)(=O)NC(C(=O)O)C(C)C)cc4)cc3)c(C)c12. The maximum Gasteiger partial charge on any atom is 0.322 e. The average Bonchev–Trinajstić information content (AvgIpc) is 3.28. The predicted molar refractivity (Wildman–Crippen MR) is 154 cm³/mol. The van der Waals surface area contributed by atoms with Crippen molar-refractivity contribution < 1.29 is 37.1 Å². The number of carboxylic acid groups (broad SMARTS) is 1. The van der Waals surface area contributed by atoms with Crippen LogP contribution in [0.3, 0.4) is 0 Å². The number of carbonyl (C=O) groups is 3. The number of hydrogen-bond acceptors (Lipinski definition) is 7. The number of carboxylic acids is 1. The number of methoxy groups -OCH3 is 1. The van der Waals surface area contributed by atoms with Crippen LogP contribution in [0.1, 0.15) is 47.2 Å². The molecule has 1 aromatic heterocycles. The summed E-state index contributed by atoms with van der Waals surface area (Å²) in [6, 6.07) is 15.0. The van der Waals surface area contributed by atoms with E-state index in [9.17, 15) is 27.9 Å². The second kappa shape index (κ2) is 11.6. The van der Waals surface area contributed by atoms with Crippen LogP contribution in [0, 0.1) is 12.8 Å². The second-order valence-corrected chi connectivity index (χ2v) is 11.6. The summed E-state index contributed by atoms with van der Waals surface area (Å²) in [5.41, 5.74) is 3.36. The van der Waals surface area contributed by atoms with E-state index in [2.05, 4.69) is 10.0 Å². The molecule has 4 rings (SSSR count). The normalized spacial score (nSPS) is 12.3. The van der Waals surface area contributed by atoms with Crippen molar-refractivity contribution in [1.82, 2.24) is 4.72 Å². The van der Waals surface area contributed by atoms with Gasteiger partial charge in [0.25, 0.3) is 5.91 Å². The number of Topliss-reactive ketones (excluding diaryl/α,β-unsaturated/α-hetero) is 1. The molecule has 0 aliphatic carbocycles. The minimum absolute atomic E-state index is 0.0507. The molecule has 3 N–H and O–H groups in total. The largest absolute Gasteiger partial charge is 0.495 e. The maximum atomic E-state index is 13.1. The van der Waals surface area contributed by atoms with Crippen LogP contribution in [0.15, 0.2) is 70.0 Å². The van der Waals surface area contributed by atoms with Gasteiger partial charge in [0, 0.05) is 11.3 Å². The molecule has 41 heavy (non-hydrogen) atoms.